The Balaban J connectivity index is 0.00000300. The summed E-state index contributed by atoms with van der Waals surface area (Å²) in [5.74, 6) is 1.11. The van der Waals surface area contributed by atoms with Crippen LogP contribution in [0.5, 0.6) is 5.75 Å². The van der Waals surface area contributed by atoms with Crippen LogP contribution in [0, 0.1) is 0 Å². The number of halogens is 1. The number of para-hydroxylation sites is 2. The minimum atomic E-state index is -3.18. The Bertz CT molecular complexity index is 940. The number of piperazine rings is 1. The molecule has 2 N–H and O–H groups in total. The number of benzene rings is 2. The average Bonchev–Trinajstić information content (AvgIpc) is 2.69. The van der Waals surface area contributed by atoms with E-state index in [1.807, 2.05) is 30.3 Å². The van der Waals surface area contributed by atoms with E-state index >= 15 is 0 Å². The van der Waals surface area contributed by atoms with Gasteiger partial charge in [-0.3, -0.25) is 4.99 Å². The van der Waals surface area contributed by atoms with Crippen molar-refractivity contribution in [1.29, 1.82) is 0 Å². The first-order valence-corrected chi connectivity index (χ1v) is 11.0. The summed E-state index contributed by atoms with van der Waals surface area (Å²) in [6, 6.07) is 14.3. The van der Waals surface area contributed by atoms with Crippen LogP contribution >= 0.6 is 24.0 Å². The number of sulfone groups is 1. The van der Waals surface area contributed by atoms with Gasteiger partial charge in [0.15, 0.2) is 15.8 Å². The lowest BCUT2D eigenvalue weighted by atomic mass is 10.2. The Labute approximate surface area is 189 Å². The highest BCUT2D eigenvalue weighted by Crippen LogP contribution is 2.27. The summed E-state index contributed by atoms with van der Waals surface area (Å²) in [5.41, 5.74) is 1.84. The first kappa shape index (κ1) is 23.3. The van der Waals surface area contributed by atoms with Gasteiger partial charge in [-0.05, 0) is 29.8 Å². The van der Waals surface area contributed by atoms with Crippen molar-refractivity contribution in [2.45, 2.75) is 11.4 Å². The van der Waals surface area contributed by atoms with Crippen LogP contribution in [0.2, 0.25) is 0 Å². The number of rotatable bonds is 4. The number of nitrogens with zero attached hydrogens (tertiary/aromatic N) is 3. The predicted octanol–water partition coefficient (Wildman–Crippen LogP) is 2.31. The number of hydrogen-bond donors (Lipinski definition) is 2. The number of nitrogens with one attached hydrogen (secondary N) is 1. The van der Waals surface area contributed by atoms with Gasteiger partial charge >= 0.3 is 0 Å². The Morgan fingerprint density at radius 1 is 1.07 bits per heavy atom. The van der Waals surface area contributed by atoms with E-state index in [9.17, 15) is 13.5 Å². The number of hydrogen-bond acceptors (Lipinski definition) is 5. The maximum atomic E-state index is 11.6. The summed E-state index contributed by atoms with van der Waals surface area (Å²) in [6.45, 7) is 3.74. The molecule has 0 atom stereocenters. The lowest BCUT2D eigenvalue weighted by Crippen LogP contribution is -2.52. The highest BCUT2D eigenvalue weighted by atomic mass is 127. The van der Waals surface area contributed by atoms with Crippen molar-refractivity contribution < 1.29 is 13.5 Å². The fourth-order valence-corrected chi connectivity index (χ4v) is 3.89. The standard InChI is InChI=1S/C20H26N4O3S.HI/c1-21-20(22-15-16-7-9-17(10-8-16)28(2,26)27)24-13-11-23(12-14-24)18-5-3-4-6-19(18)25;/h3-10,25H,11-15H2,1-2H3,(H,21,22);1H. The van der Waals surface area contributed by atoms with Crippen LogP contribution in [0.4, 0.5) is 5.69 Å². The van der Waals surface area contributed by atoms with Crippen LogP contribution in [0.1, 0.15) is 5.56 Å². The molecule has 0 amide bonds. The third-order valence-electron chi connectivity index (χ3n) is 4.82. The molecule has 0 unspecified atom stereocenters. The van der Waals surface area contributed by atoms with Crippen LogP contribution in [-0.2, 0) is 16.4 Å². The summed E-state index contributed by atoms with van der Waals surface area (Å²) in [4.78, 5) is 9.04. The third-order valence-corrected chi connectivity index (χ3v) is 5.94. The highest BCUT2D eigenvalue weighted by molar-refractivity contribution is 14.0. The van der Waals surface area contributed by atoms with Crippen LogP contribution in [0.25, 0.3) is 0 Å². The molecule has 2 aromatic rings. The van der Waals surface area contributed by atoms with E-state index in [0.717, 1.165) is 43.4 Å². The van der Waals surface area contributed by atoms with E-state index in [1.54, 1.807) is 25.2 Å². The van der Waals surface area contributed by atoms with Gasteiger partial charge in [0, 0.05) is 46.0 Å². The molecule has 2 aromatic carbocycles. The molecular weight excluding hydrogens is 503 g/mol. The Morgan fingerprint density at radius 3 is 2.24 bits per heavy atom. The molecule has 1 saturated heterocycles. The number of anilines is 1. The summed E-state index contributed by atoms with van der Waals surface area (Å²) >= 11 is 0. The number of guanidine groups is 1. The molecule has 1 aliphatic rings. The Morgan fingerprint density at radius 2 is 1.69 bits per heavy atom. The van der Waals surface area contributed by atoms with Crippen molar-refractivity contribution in [3.05, 3.63) is 54.1 Å². The zero-order valence-electron chi connectivity index (χ0n) is 16.6. The summed E-state index contributed by atoms with van der Waals surface area (Å²) in [5, 5.41) is 13.4. The van der Waals surface area contributed by atoms with Crippen LogP contribution in [-0.4, -0.2) is 63.9 Å². The summed E-state index contributed by atoms with van der Waals surface area (Å²) in [7, 11) is -1.42. The summed E-state index contributed by atoms with van der Waals surface area (Å²) in [6.07, 6.45) is 1.21. The number of phenols is 1. The van der Waals surface area contributed by atoms with Crippen molar-refractivity contribution in [2.24, 2.45) is 4.99 Å². The molecule has 1 fully saturated rings. The topological polar surface area (TPSA) is 85.2 Å². The largest absolute Gasteiger partial charge is 0.506 e. The van der Waals surface area contributed by atoms with Crippen molar-refractivity contribution >= 4 is 45.5 Å². The smallest absolute Gasteiger partial charge is 0.194 e. The number of phenolic OH excluding ortho intramolecular Hbond substituents is 1. The molecule has 0 bridgehead atoms. The van der Waals surface area contributed by atoms with Gasteiger partial charge in [-0.15, -0.1) is 24.0 Å². The molecule has 0 spiro atoms. The lowest BCUT2D eigenvalue weighted by molar-refractivity contribution is 0.369. The molecule has 3 rings (SSSR count). The summed E-state index contributed by atoms with van der Waals surface area (Å²) < 4.78 is 23.1. The van der Waals surface area contributed by atoms with Gasteiger partial charge in [0.1, 0.15) is 5.75 Å². The monoisotopic (exact) mass is 530 g/mol. The maximum absolute atomic E-state index is 11.6. The fraction of sp³-hybridized carbons (Fsp3) is 0.350. The molecule has 9 heteroatoms. The van der Waals surface area contributed by atoms with Gasteiger partial charge in [0.25, 0.3) is 0 Å². The fourth-order valence-electron chi connectivity index (χ4n) is 3.26. The molecule has 0 aromatic heterocycles. The van der Waals surface area contributed by atoms with E-state index in [1.165, 1.54) is 6.26 Å². The molecule has 1 aliphatic heterocycles. The first-order valence-electron chi connectivity index (χ1n) is 9.16. The lowest BCUT2D eigenvalue weighted by Gasteiger charge is -2.37. The third kappa shape index (κ3) is 5.99. The molecule has 0 saturated carbocycles. The van der Waals surface area contributed by atoms with E-state index in [-0.39, 0.29) is 24.0 Å². The predicted molar refractivity (Wildman–Crippen MR) is 127 cm³/mol. The second-order valence-corrected chi connectivity index (χ2v) is 8.80. The van der Waals surface area contributed by atoms with Gasteiger partial charge in [-0.1, -0.05) is 24.3 Å². The minimum Gasteiger partial charge on any atom is -0.506 e. The normalized spacial score (nSPS) is 15.0. The van der Waals surface area contributed by atoms with Gasteiger partial charge in [-0.2, -0.15) is 0 Å². The van der Waals surface area contributed by atoms with Crippen LogP contribution in [0.3, 0.4) is 0 Å². The zero-order valence-corrected chi connectivity index (χ0v) is 19.7. The van der Waals surface area contributed by atoms with Gasteiger partial charge < -0.3 is 20.2 Å². The van der Waals surface area contributed by atoms with E-state index in [0.29, 0.717) is 17.2 Å². The number of aromatic hydroxyl groups is 1. The molecular formula is C20H27IN4O3S. The molecule has 29 heavy (non-hydrogen) atoms. The van der Waals surface area contributed by atoms with Crippen LogP contribution in [0.15, 0.2) is 58.4 Å². The van der Waals surface area contributed by atoms with Crippen LogP contribution < -0.4 is 10.2 Å². The SMILES string of the molecule is CN=C(NCc1ccc(S(C)(=O)=O)cc1)N1CCN(c2ccccc2O)CC1.I. The van der Waals surface area contributed by atoms with Crippen molar-refractivity contribution in [3.63, 3.8) is 0 Å². The second-order valence-electron chi connectivity index (χ2n) is 6.78. The molecule has 1 heterocycles. The van der Waals surface area contributed by atoms with Gasteiger partial charge in [0.05, 0.1) is 10.6 Å². The van der Waals surface area contributed by atoms with Crippen molar-refractivity contribution in [1.82, 2.24) is 10.2 Å². The first-order chi connectivity index (χ1) is 13.4. The zero-order chi connectivity index (χ0) is 20.1. The molecule has 0 aliphatic carbocycles. The van der Waals surface area contributed by atoms with Gasteiger partial charge in [-0.25, -0.2) is 8.42 Å². The highest BCUT2D eigenvalue weighted by Gasteiger charge is 2.21. The maximum Gasteiger partial charge on any atom is 0.194 e. The molecule has 0 radical (unpaired) electrons. The number of aliphatic imine (C=N–C) groups is 1. The van der Waals surface area contributed by atoms with Crippen molar-refractivity contribution in [2.75, 3.05) is 44.4 Å². The Kier molecular flexibility index (Phi) is 8.14. The average molecular weight is 530 g/mol. The Hall–Kier alpha value is -2.01. The molecule has 158 valence electrons. The molecule has 7 nitrogen and oxygen atoms in total. The van der Waals surface area contributed by atoms with Gasteiger partial charge in [0.2, 0.25) is 0 Å². The van der Waals surface area contributed by atoms with Crippen molar-refractivity contribution in [3.8, 4) is 5.75 Å². The van der Waals surface area contributed by atoms with E-state index < -0.39 is 9.84 Å². The minimum absolute atomic E-state index is 0. The quantitative estimate of drug-likeness (QED) is 0.359. The van der Waals surface area contributed by atoms with E-state index in [2.05, 4.69) is 20.1 Å². The second kappa shape index (κ2) is 10.1. The van der Waals surface area contributed by atoms with E-state index in [4.69, 9.17) is 0 Å².